The van der Waals surface area contributed by atoms with E-state index in [9.17, 15) is 0 Å². The van der Waals surface area contributed by atoms with Crippen molar-refractivity contribution in [2.75, 3.05) is 5.75 Å². The van der Waals surface area contributed by atoms with Gasteiger partial charge in [0.25, 0.3) is 0 Å². The molecule has 0 nitrogen and oxygen atoms in total. The number of allylic oxidation sites excluding steroid dienone is 4. The smallest absolute Gasteiger partial charge is 0.00494 e. The van der Waals surface area contributed by atoms with E-state index >= 15 is 0 Å². The largest absolute Gasteiger partial charge is 0.179 e. The monoisotopic (exact) mass is 250 g/mol. The molecule has 0 N–H and O–H groups in total. The first-order valence-corrected chi connectivity index (χ1v) is 7.70. The lowest BCUT2D eigenvalue weighted by atomic mass is 9.82. The Labute approximate surface area is 112 Å². The first-order valence-electron chi connectivity index (χ1n) is 7.07. The molecule has 0 aromatic heterocycles. The third kappa shape index (κ3) is 3.40. The molecule has 1 fully saturated rings. The van der Waals surface area contributed by atoms with Crippen molar-refractivity contribution in [2.24, 2.45) is 10.8 Å². The minimum atomic E-state index is 0.285. The van der Waals surface area contributed by atoms with Crippen LogP contribution in [0.25, 0.3) is 0 Å². The molecule has 2 aliphatic rings. The molecule has 17 heavy (non-hydrogen) atoms. The molecule has 1 atom stereocenters. The van der Waals surface area contributed by atoms with Crippen molar-refractivity contribution in [2.45, 2.75) is 58.8 Å². The highest BCUT2D eigenvalue weighted by atomic mass is 32.1. The first kappa shape index (κ1) is 13.3. The zero-order chi connectivity index (χ0) is 12.4. The molecule has 96 valence electrons. The van der Waals surface area contributed by atoms with Gasteiger partial charge >= 0.3 is 0 Å². The molecule has 0 spiro atoms. The fourth-order valence-electron chi connectivity index (χ4n) is 3.29. The van der Waals surface area contributed by atoms with Crippen molar-refractivity contribution in [1.82, 2.24) is 0 Å². The topological polar surface area (TPSA) is 0 Å². The van der Waals surface area contributed by atoms with Crippen molar-refractivity contribution in [1.29, 1.82) is 0 Å². The summed E-state index contributed by atoms with van der Waals surface area (Å²) in [6.07, 6.45) is 16.8. The minimum absolute atomic E-state index is 0.285. The molecule has 1 saturated carbocycles. The zero-order valence-corrected chi connectivity index (χ0v) is 12.2. The molecular formula is C16H26S. The molecule has 0 aromatic rings. The van der Waals surface area contributed by atoms with Crippen molar-refractivity contribution >= 4 is 12.6 Å². The van der Waals surface area contributed by atoms with Crippen LogP contribution < -0.4 is 0 Å². The summed E-state index contributed by atoms with van der Waals surface area (Å²) in [6.45, 7) is 4.80. The Morgan fingerprint density at radius 1 is 1.18 bits per heavy atom. The van der Waals surface area contributed by atoms with E-state index in [1.807, 2.05) is 0 Å². The van der Waals surface area contributed by atoms with E-state index in [0.29, 0.717) is 5.41 Å². The fourth-order valence-corrected chi connectivity index (χ4v) is 3.78. The van der Waals surface area contributed by atoms with E-state index in [1.54, 1.807) is 5.57 Å². The van der Waals surface area contributed by atoms with Crippen molar-refractivity contribution < 1.29 is 0 Å². The first-order chi connectivity index (χ1) is 8.05. The third-order valence-corrected chi connectivity index (χ3v) is 4.90. The molecule has 0 heterocycles. The molecule has 2 aliphatic carbocycles. The number of hydrogen-bond acceptors (Lipinski definition) is 1. The number of hydrogen-bond donors (Lipinski definition) is 1. The summed E-state index contributed by atoms with van der Waals surface area (Å²) in [5.41, 5.74) is 2.48. The molecule has 0 radical (unpaired) electrons. The lowest BCUT2D eigenvalue weighted by molar-refractivity contribution is 0.309. The normalized spacial score (nSPS) is 30.9. The zero-order valence-electron chi connectivity index (χ0n) is 11.3. The van der Waals surface area contributed by atoms with Crippen LogP contribution in [0.15, 0.2) is 23.8 Å². The third-order valence-electron chi connectivity index (χ3n) is 4.67. The molecule has 0 aromatic carbocycles. The average molecular weight is 250 g/mol. The summed E-state index contributed by atoms with van der Waals surface area (Å²) in [5, 5.41) is 0. The van der Waals surface area contributed by atoms with Gasteiger partial charge in [-0.3, -0.25) is 0 Å². The maximum atomic E-state index is 4.35. The van der Waals surface area contributed by atoms with Gasteiger partial charge in [0.1, 0.15) is 0 Å². The second-order valence-electron chi connectivity index (χ2n) is 6.55. The summed E-state index contributed by atoms with van der Waals surface area (Å²) in [6, 6.07) is 0. The van der Waals surface area contributed by atoms with Gasteiger partial charge < -0.3 is 0 Å². The van der Waals surface area contributed by atoms with Crippen molar-refractivity contribution in [3.8, 4) is 0 Å². The molecule has 0 amide bonds. The van der Waals surface area contributed by atoms with Crippen LogP contribution in [0.3, 0.4) is 0 Å². The maximum absolute atomic E-state index is 4.35. The predicted molar refractivity (Wildman–Crippen MR) is 79.6 cm³/mol. The van der Waals surface area contributed by atoms with Crippen LogP contribution in [0.5, 0.6) is 0 Å². The highest BCUT2D eigenvalue weighted by molar-refractivity contribution is 7.80. The highest BCUT2D eigenvalue weighted by Crippen LogP contribution is 2.43. The summed E-state index contributed by atoms with van der Waals surface area (Å²) < 4.78 is 0. The van der Waals surface area contributed by atoms with Crippen LogP contribution in [0.1, 0.15) is 58.8 Å². The number of rotatable bonds is 5. The average Bonchev–Trinajstić information content (AvgIpc) is 2.85. The Hall–Kier alpha value is -0.170. The summed E-state index contributed by atoms with van der Waals surface area (Å²) in [5.74, 6) is 0.975. The Balaban J connectivity index is 1.87. The van der Waals surface area contributed by atoms with Gasteiger partial charge in [0, 0.05) is 5.41 Å². The van der Waals surface area contributed by atoms with E-state index < -0.39 is 0 Å². The standard InChI is InChI=1S/C16H26S/c1-15(7-3-4-8-15)9-5-14-6-10-16(2,13-14)11-12-17/h6,10,13,17H,3-5,7-9,11-12H2,1-2H3. The van der Waals surface area contributed by atoms with Gasteiger partial charge in [-0.1, -0.05) is 50.5 Å². The van der Waals surface area contributed by atoms with Crippen LogP contribution >= 0.6 is 12.6 Å². The van der Waals surface area contributed by atoms with E-state index in [0.717, 1.165) is 12.2 Å². The minimum Gasteiger partial charge on any atom is -0.179 e. The van der Waals surface area contributed by atoms with Gasteiger partial charge in [-0.2, -0.15) is 12.6 Å². The van der Waals surface area contributed by atoms with Gasteiger partial charge in [0.05, 0.1) is 0 Å². The Kier molecular flexibility index (Phi) is 4.07. The summed E-state index contributed by atoms with van der Waals surface area (Å²) in [4.78, 5) is 0. The maximum Gasteiger partial charge on any atom is 0.00494 e. The van der Waals surface area contributed by atoms with Crippen LogP contribution in [-0.4, -0.2) is 5.75 Å². The molecule has 1 unspecified atom stereocenters. The van der Waals surface area contributed by atoms with Crippen LogP contribution in [-0.2, 0) is 0 Å². The summed E-state index contributed by atoms with van der Waals surface area (Å²) in [7, 11) is 0. The van der Waals surface area contributed by atoms with Crippen LogP contribution in [0, 0.1) is 10.8 Å². The molecule has 0 saturated heterocycles. The van der Waals surface area contributed by atoms with E-state index in [4.69, 9.17) is 0 Å². The Morgan fingerprint density at radius 3 is 2.53 bits per heavy atom. The molecule has 1 heteroatoms. The molecule has 2 rings (SSSR count). The van der Waals surface area contributed by atoms with Crippen LogP contribution in [0.2, 0.25) is 0 Å². The number of thiol groups is 1. The second-order valence-corrected chi connectivity index (χ2v) is 7.00. The lowest BCUT2D eigenvalue weighted by Crippen LogP contribution is -2.11. The van der Waals surface area contributed by atoms with Gasteiger partial charge in [0.2, 0.25) is 0 Å². The van der Waals surface area contributed by atoms with E-state index in [2.05, 4.69) is 44.7 Å². The fraction of sp³-hybridized carbons (Fsp3) is 0.750. The second kappa shape index (κ2) is 5.22. The summed E-state index contributed by atoms with van der Waals surface area (Å²) >= 11 is 4.35. The SMILES string of the molecule is CC1(CCS)C=CC(CCC2(C)CCCC2)=C1. The van der Waals surface area contributed by atoms with E-state index in [1.165, 1.54) is 38.5 Å². The van der Waals surface area contributed by atoms with Gasteiger partial charge in [-0.15, -0.1) is 0 Å². The Bertz CT molecular complexity index is 320. The molecule has 0 bridgehead atoms. The van der Waals surface area contributed by atoms with Crippen molar-refractivity contribution in [3.63, 3.8) is 0 Å². The highest BCUT2D eigenvalue weighted by Gasteiger charge is 2.29. The van der Waals surface area contributed by atoms with Gasteiger partial charge in [-0.25, -0.2) is 0 Å². The quantitative estimate of drug-likeness (QED) is 0.639. The Morgan fingerprint density at radius 2 is 1.88 bits per heavy atom. The molecular weight excluding hydrogens is 224 g/mol. The van der Waals surface area contributed by atoms with Gasteiger partial charge in [0.15, 0.2) is 0 Å². The van der Waals surface area contributed by atoms with Crippen molar-refractivity contribution in [3.05, 3.63) is 23.8 Å². The van der Waals surface area contributed by atoms with E-state index in [-0.39, 0.29) is 5.41 Å². The van der Waals surface area contributed by atoms with Gasteiger partial charge in [-0.05, 0) is 43.3 Å². The molecule has 0 aliphatic heterocycles. The van der Waals surface area contributed by atoms with Crippen LogP contribution in [0.4, 0.5) is 0 Å². The lowest BCUT2D eigenvalue weighted by Gasteiger charge is -2.23. The predicted octanol–water partition coefficient (Wildman–Crippen LogP) is 5.17.